The summed E-state index contributed by atoms with van der Waals surface area (Å²) in [5, 5.41) is 4.35. The van der Waals surface area contributed by atoms with Crippen molar-refractivity contribution in [1.29, 1.82) is 0 Å². The number of hydrogen-bond donors (Lipinski definition) is 1. The van der Waals surface area contributed by atoms with Crippen LogP contribution < -0.4 is 5.32 Å². The number of rotatable bonds is 7. The van der Waals surface area contributed by atoms with E-state index >= 15 is 0 Å². The van der Waals surface area contributed by atoms with Crippen LogP contribution in [0.4, 0.5) is 5.00 Å². The van der Waals surface area contributed by atoms with E-state index in [-0.39, 0.29) is 5.97 Å². The third-order valence-electron chi connectivity index (χ3n) is 4.30. The van der Waals surface area contributed by atoms with Gasteiger partial charge in [-0.15, -0.1) is 0 Å². The summed E-state index contributed by atoms with van der Waals surface area (Å²) in [5.74, 6) is 2.35. The molecule has 0 bridgehead atoms. The lowest BCUT2D eigenvalue weighted by atomic mass is 9.98. The Labute approximate surface area is 124 Å². The Bertz CT molecular complexity index is 480. The molecule has 0 aromatic carbocycles. The normalized spacial score (nSPS) is 18.4. The molecule has 4 nitrogen and oxygen atoms in total. The standard InChI is InChI=1S/C15H22N2O2S/c1-3-19-15(18)13-9(2)17-20-14(13)16-8-12(10-4-5-10)11-6-7-11/h10-12,16H,3-8H2,1-2H3. The first-order valence-electron chi connectivity index (χ1n) is 7.58. The van der Waals surface area contributed by atoms with Crippen molar-refractivity contribution in [2.75, 3.05) is 18.5 Å². The zero-order valence-corrected chi connectivity index (χ0v) is 13.0. The summed E-state index contributed by atoms with van der Waals surface area (Å²) < 4.78 is 9.42. The Kier molecular flexibility index (Phi) is 3.96. The molecule has 0 radical (unpaired) electrons. The van der Waals surface area contributed by atoms with Crippen LogP contribution in [0.1, 0.15) is 48.7 Å². The highest BCUT2D eigenvalue weighted by molar-refractivity contribution is 7.10. The van der Waals surface area contributed by atoms with E-state index in [2.05, 4.69) is 9.69 Å². The predicted molar refractivity (Wildman–Crippen MR) is 80.2 cm³/mol. The lowest BCUT2D eigenvalue weighted by molar-refractivity contribution is 0.0527. The van der Waals surface area contributed by atoms with Crippen LogP contribution in [0.5, 0.6) is 0 Å². The second kappa shape index (κ2) is 5.72. The van der Waals surface area contributed by atoms with E-state index in [1.807, 2.05) is 13.8 Å². The smallest absolute Gasteiger partial charge is 0.343 e. The molecule has 2 saturated carbocycles. The Morgan fingerprint density at radius 3 is 2.60 bits per heavy atom. The van der Waals surface area contributed by atoms with E-state index in [1.165, 1.54) is 37.2 Å². The van der Waals surface area contributed by atoms with Crippen LogP contribution in [0.3, 0.4) is 0 Å². The van der Waals surface area contributed by atoms with Gasteiger partial charge in [-0.2, -0.15) is 4.37 Å². The lowest BCUT2D eigenvalue weighted by Gasteiger charge is -2.16. The van der Waals surface area contributed by atoms with Crippen LogP contribution in [0.25, 0.3) is 0 Å². The van der Waals surface area contributed by atoms with Crippen LogP contribution in [-0.2, 0) is 4.74 Å². The summed E-state index contributed by atoms with van der Waals surface area (Å²) in [6.45, 7) is 5.08. The number of nitrogens with one attached hydrogen (secondary N) is 1. The number of carbonyl (C=O) groups excluding carboxylic acids is 1. The van der Waals surface area contributed by atoms with Gasteiger partial charge in [0.15, 0.2) is 0 Å². The summed E-state index contributed by atoms with van der Waals surface area (Å²) >= 11 is 1.37. The lowest BCUT2D eigenvalue weighted by Crippen LogP contribution is -2.19. The van der Waals surface area contributed by atoms with E-state index in [1.54, 1.807) is 0 Å². The Hall–Kier alpha value is -1.10. The van der Waals surface area contributed by atoms with Gasteiger partial charge in [0.25, 0.3) is 0 Å². The summed E-state index contributed by atoms with van der Waals surface area (Å²) in [4.78, 5) is 12.0. The van der Waals surface area contributed by atoms with Gasteiger partial charge in [0.2, 0.25) is 0 Å². The highest BCUT2D eigenvalue weighted by atomic mass is 32.1. The molecule has 1 aromatic rings. The van der Waals surface area contributed by atoms with Gasteiger partial charge in [-0.1, -0.05) is 0 Å². The van der Waals surface area contributed by atoms with E-state index < -0.39 is 0 Å². The first kappa shape index (κ1) is 13.9. The molecule has 2 fully saturated rings. The number of carbonyl (C=O) groups is 1. The van der Waals surface area contributed by atoms with E-state index in [4.69, 9.17) is 4.74 Å². The molecule has 1 heterocycles. The van der Waals surface area contributed by atoms with Crippen molar-refractivity contribution in [3.05, 3.63) is 11.3 Å². The molecule has 0 amide bonds. The molecule has 3 rings (SSSR count). The van der Waals surface area contributed by atoms with E-state index in [0.717, 1.165) is 35.0 Å². The van der Waals surface area contributed by atoms with Gasteiger partial charge in [0.05, 0.1) is 12.3 Å². The summed E-state index contributed by atoms with van der Waals surface area (Å²) in [5.41, 5.74) is 1.40. The fraction of sp³-hybridized carbons (Fsp3) is 0.733. The number of anilines is 1. The molecule has 5 heteroatoms. The van der Waals surface area contributed by atoms with Gasteiger partial charge >= 0.3 is 5.97 Å². The van der Waals surface area contributed by atoms with Crippen molar-refractivity contribution >= 4 is 22.5 Å². The van der Waals surface area contributed by atoms with Crippen molar-refractivity contribution < 1.29 is 9.53 Å². The molecular formula is C15H22N2O2S. The minimum absolute atomic E-state index is 0.254. The maximum absolute atomic E-state index is 12.0. The second-order valence-electron chi connectivity index (χ2n) is 5.91. The summed E-state index contributed by atoms with van der Waals surface area (Å²) in [6.07, 6.45) is 5.54. The first-order valence-corrected chi connectivity index (χ1v) is 8.35. The molecule has 0 saturated heterocycles. The Morgan fingerprint density at radius 2 is 2.05 bits per heavy atom. The summed E-state index contributed by atoms with van der Waals surface area (Å²) in [7, 11) is 0. The molecule has 2 aliphatic carbocycles. The molecule has 1 N–H and O–H groups in total. The van der Waals surface area contributed by atoms with Crippen molar-refractivity contribution in [2.24, 2.45) is 17.8 Å². The fourth-order valence-electron chi connectivity index (χ4n) is 2.91. The minimum Gasteiger partial charge on any atom is -0.462 e. The zero-order chi connectivity index (χ0) is 14.1. The number of nitrogens with zero attached hydrogens (tertiary/aromatic N) is 1. The minimum atomic E-state index is -0.254. The maximum Gasteiger partial charge on any atom is 0.343 e. The van der Waals surface area contributed by atoms with Gasteiger partial charge in [-0.3, -0.25) is 0 Å². The van der Waals surface area contributed by atoms with Crippen molar-refractivity contribution in [2.45, 2.75) is 39.5 Å². The van der Waals surface area contributed by atoms with Gasteiger partial charge in [0.1, 0.15) is 10.6 Å². The first-order chi connectivity index (χ1) is 9.70. The summed E-state index contributed by atoms with van der Waals surface area (Å²) in [6, 6.07) is 0. The zero-order valence-electron chi connectivity index (χ0n) is 12.1. The molecule has 0 aliphatic heterocycles. The number of ether oxygens (including phenoxy) is 1. The topological polar surface area (TPSA) is 51.2 Å². The van der Waals surface area contributed by atoms with Crippen LogP contribution in [0.2, 0.25) is 0 Å². The monoisotopic (exact) mass is 294 g/mol. The van der Waals surface area contributed by atoms with Crippen molar-refractivity contribution in [3.63, 3.8) is 0 Å². The molecule has 2 aliphatic rings. The maximum atomic E-state index is 12.0. The third-order valence-corrected chi connectivity index (χ3v) is 5.19. The number of aryl methyl sites for hydroxylation is 1. The molecule has 20 heavy (non-hydrogen) atoms. The number of esters is 1. The molecule has 0 atom stereocenters. The highest BCUT2D eigenvalue weighted by Gasteiger charge is 2.41. The highest BCUT2D eigenvalue weighted by Crippen LogP contribution is 2.49. The Balaban J connectivity index is 1.66. The van der Waals surface area contributed by atoms with Crippen LogP contribution in [0.15, 0.2) is 0 Å². The van der Waals surface area contributed by atoms with Gasteiger partial charge in [-0.05, 0) is 68.8 Å². The largest absolute Gasteiger partial charge is 0.462 e. The molecule has 0 spiro atoms. The van der Waals surface area contributed by atoms with Gasteiger partial charge < -0.3 is 10.1 Å². The van der Waals surface area contributed by atoms with Crippen LogP contribution in [0, 0.1) is 24.7 Å². The van der Waals surface area contributed by atoms with Crippen molar-refractivity contribution in [3.8, 4) is 0 Å². The van der Waals surface area contributed by atoms with Crippen molar-refractivity contribution in [1.82, 2.24) is 4.37 Å². The average Bonchev–Trinajstić information content (AvgIpc) is 3.31. The third kappa shape index (κ3) is 2.97. The van der Waals surface area contributed by atoms with Crippen LogP contribution in [-0.4, -0.2) is 23.5 Å². The predicted octanol–water partition coefficient (Wildman–Crippen LogP) is 3.48. The number of aromatic nitrogens is 1. The quantitative estimate of drug-likeness (QED) is 0.782. The van der Waals surface area contributed by atoms with E-state index in [0.29, 0.717) is 12.2 Å². The fourth-order valence-corrected chi connectivity index (χ4v) is 3.70. The number of hydrogen-bond acceptors (Lipinski definition) is 5. The molecule has 0 unspecified atom stereocenters. The molecular weight excluding hydrogens is 272 g/mol. The second-order valence-corrected chi connectivity index (χ2v) is 6.69. The van der Waals surface area contributed by atoms with Gasteiger partial charge in [0, 0.05) is 6.54 Å². The Morgan fingerprint density at radius 1 is 1.40 bits per heavy atom. The van der Waals surface area contributed by atoms with E-state index in [9.17, 15) is 4.79 Å². The SMILES string of the molecule is CCOC(=O)c1c(C)nsc1NCC(C1CC1)C1CC1. The average molecular weight is 294 g/mol. The molecule has 1 aromatic heterocycles. The van der Waals surface area contributed by atoms with Crippen LogP contribution >= 0.6 is 11.5 Å². The van der Waals surface area contributed by atoms with Gasteiger partial charge in [-0.25, -0.2) is 4.79 Å². The molecule has 110 valence electrons.